The fraction of sp³-hybridized carbons (Fsp3) is 0.143. The highest BCUT2D eigenvalue weighted by Crippen LogP contribution is 2.20. The van der Waals surface area contributed by atoms with Crippen LogP contribution in [0.25, 0.3) is 5.52 Å². The summed E-state index contributed by atoms with van der Waals surface area (Å²) in [6.07, 6.45) is 6.24. The molecule has 0 amide bonds. The first-order chi connectivity index (χ1) is 9.24. The molecule has 0 fully saturated rings. The van der Waals surface area contributed by atoms with Crippen LogP contribution in [0.3, 0.4) is 0 Å². The van der Waals surface area contributed by atoms with Crippen molar-refractivity contribution in [3.8, 4) is 0 Å². The zero-order valence-corrected chi connectivity index (χ0v) is 11.8. The van der Waals surface area contributed by atoms with E-state index in [1.54, 1.807) is 6.20 Å². The van der Waals surface area contributed by atoms with Crippen molar-refractivity contribution in [2.24, 2.45) is 5.73 Å². The lowest BCUT2D eigenvalue weighted by molar-refractivity contribution is 0.711. The van der Waals surface area contributed by atoms with Crippen molar-refractivity contribution in [3.05, 3.63) is 64.7 Å². The normalized spacial score (nSPS) is 12.7. The Bertz CT molecular complexity index is 690. The second-order valence-corrected chi connectivity index (χ2v) is 5.32. The molecule has 3 aromatic rings. The molecule has 19 heavy (non-hydrogen) atoms. The van der Waals surface area contributed by atoms with Crippen molar-refractivity contribution < 1.29 is 0 Å². The third-order valence-electron chi connectivity index (χ3n) is 3.07. The first-order valence-corrected chi connectivity index (χ1v) is 6.81. The van der Waals surface area contributed by atoms with E-state index in [4.69, 9.17) is 5.73 Å². The number of nitrogens with zero attached hydrogens (tertiary/aromatic N) is 3. The van der Waals surface area contributed by atoms with Crippen LogP contribution in [0.4, 0.5) is 0 Å². The van der Waals surface area contributed by atoms with Gasteiger partial charge >= 0.3 is 0 Å². The van der Waals surface area contributed by atoms with Crippen LogP contribution in [0.5, 0.6) is 0 Å². The molecule has 0 spiro atoms. The molecule has 5 heteroatoms. The smallest absolute Gasteiger partial charge is 0.0709 e. The van der Waals surface area contributed by atoms with E-state index in [1.165, 1.54) is 0 Å². The topological polar surface area (TPSA) is 56.2 Å². The van der Waals surface area contributed by atoms with E-state index < -0.39 is 0 Å². The summed E-state index contributed by atoms with van der Waals surface area (Å²) in [5.41, 5.74) is 9.34. The molecule has 3 rings (SSSR count). The van der Waals surface area contributed by atoms with Gasteiger partial charge in [-0.15, -0.1) is 0 Å². The van der Waals surface area contributed by atoms with E-state index >= 15 is 0 Å². The van der Waals surface area contributed by atoms with Crippen LogP contribution in [0.2, 0.25) is 0 Å². The van der Waals surface area contributed by atoms with E-state index in [2.05, 4.69) is 26.0 Å². The monoisotopic (exact) mass is 316 g/mol. The van der Waals surface area contributed by atoms with E-state index in [-0.39, 0.29) is 6.04 Å². The summed E-state index contributed by atoms with van der Waals surface area (Å²) in [6.45, 7) is 0. The maximum absolute atomic E-state index is 6.27. The minimum absolute atomic E-state index is 0.103. The molecule has 0 aromatic carbocycles. The van der Waals surface area contributed by atoms with Gasteiger partial charge in [0.25, 0.3) is 0 Å². The lowest BCUT2D eigenvalue weighted by Gasteiger charge is -2.09. The largest absolute Gasteiger partial charge is 0.324 e. The Morgan fingerprint density at radius 1 is 1.21 bits per heavy atom. The molecule has 0 saturated heterocycles. The summed E-state index contributed by atoms with van der Waals surface area (Å²) >= 11 is 3.38. The Kier molecular flexibility index (Phi) is 3.31. The van der Waals surface area contributed by atoms with Gasteiger partial charge in [0.1, 0.15) is 0 Å². The van der Waals surface area contributed by atoms with Crippen molar-refractivity contribution in [3.63, 3.8) is 0 Å². The lowest BCUT2D eigenvalue weighted by Crippen LogP contribution is -2.13. The SMILES string of the molecule is NC(Cc1ccc(Br)cn1)c1cnn2ccccc12. The van der Waals surface area contributed by atoms with E-state index in [9.17, 15) is 0 Å². The van der Waals surface area contributed by atoms with Crippen molar-refractivity contribution in [2.75, 3.05) is 0 Å². The zero-order chi connectivity index (χ0) is 13.2. The maximum Gasteiger partial charge on any atom is 0.0709 e. The molecule has 0 aliphatic heterocycles. The molecule has 2 N–H and O–H groups in total. The fourth-order valence-electron chi connectivity index (χ4n) is 2.10. The van der Waals surface area contributed by atoms with E-state index in [1.807, 2.05) is 47.2 Å². The Hall–Kier alpha value is -1.72. The molecular formula is C14H13BrN4. The van der Waals surface area contributed by atoms with Gasteiger partial charge in [0.15, 0.2) is 0 Å². The summed E-state index contributed by atoms with van der Waals surface area (Å²) in [5.74, 6) is 0. The number of fused-ring (bicyclic) bond motifs is 1. The Morgan fingerprint density at radius 3 is 2.89 bits per heavy atom. The Labute approximate surface area is 119 Å². The molecule has 0 bridgehead atoms. The first kappa shape index (κ1) is 12.3. The molecule has 3 heterocycles. The third kappa shape index (κ3) is 2.52. The number of pyridine rings is 2. The molecule has 0 radical (unpaired) electrons. The Balaban J connectivity index is 1.87. The summed E-state index contributed by atoms with van der Waals surface area (Å²) in [4.78, 5) is 4.35. The zero-order valence-electron chi connectivity index (χ0n) is 10.2. The van der Waals surface area contributed by atoms with Crippen LogP contribution in [0.1, 0.15) is 17.3 Å². The van der Waals surface area contributed by atoms with Gasteiger partial charge in [-0.05, 0) is 40.2 Å². The van der Waals surface area contributed by atoms with Crippen LogP contribution < -0.4 is 5.73 Å². The van der Waals surface area contributed by atoms with Crippen LogP contribution in [-0.2, 0) is 6.42 Å². The number of halogens is 1. The van der Waals surface area contributed by atoms with Crippen LogP contribution >= 0.6 is 15.9 Å². The van der Waals surface area contributed by atoms with Gasteiger partial charge in [-0.1, -0.05) is 6.07 Å². The quantitative estimate of drug-likeness (QED) is 0.808. The first-order valence-electron chi connectivity index (χ1n) is 6.02. The molecular weight excluding hydrogens is 304 g/mol. The average Bonchev–Trinajstić information content (AvgIpc) is 2.85. The second-order valence-electron chi connectivity index (χ2n) is 4.41. The minimum Gasteiger partial charge on any atom is -0.324 e. The molecule has 0 aliphatic carbocycles. The predicted octanol–water partition coefficient (Wildman–Crippen LogP) is 2.73. The standard InChI is InChI=1S/C14H13BrN4/c15-10-4-5-11(17-8-10)7-13(16)12-9-18-19-6-2-1-3-14(12)19/h1-6,8-9,13H,7,16H2. The van der Waals surface area contributed by atoms with Gasteiger partial charge in [0.05, 0.1) is 11.7 Å². The summed E-state index contributed by atoms with van der Waals surface area (Å²) < 4.78 is 2.81. The fourth-order valence-corrected chi connectivity index (χ4v) is 2.34. The van der Waals surface area contributed by atoms with Crippen molar-refractivity contribution >= 4 is 21.4 Å². The number of hydrogen-bond acceptors (Lipinski definition) is 3. The highest BCUT2D eigenvalue weighted by molar-refractivity contribution is 9.10. The maximum atomic E-state index is 6.27. The van der Waals surface area contributed by atoms with Crippen LogP contribution in [-0.4, -0.2) is 14.6 Å². The van der Waals surface area contributed by atoms with Crippen molar-refractivity contribution in [2.45, 2.75) is 12.5 Å². The van der Waals surface area contributed by atoms with Gasteiger partial charge in [-0.2, -0.15) is 5.10 Å². The van der Waals surface area contributed by atoms with E-state index in [0.717, 1.165) is 21.2 Å². The molecule has 0 aliphatic rings. The summed E-state index contributed by atoms with van der Waals surface area (Å²) in [7, 11) is 0. The van der Waals surface area contributed by atoms with Crippen molar-refractivity contribution in [1.82, 2.24) is 14.6 Å². The molecule has 0 saturated carbocycles. The van der Waals surface area contributed by atoms with Gasteiger partial charge in [-0.25, -0.2) is 4.52 Å². The van der Waals surface area contributed by atoms with Crippen LogP contribution in [0.15, 0.2) is 53.4 Å². The predicted molar refractivity (Wildman–Crippen MR) is 77.8 cm³/mol. The molecule has 4 nitrogen and oxygen atoms in total. The number of aromatic nitrogens is 3. The highest BCUT2D eigenvalue weighted by atomic mass is 79.9. The van der Waals surface area contributed by atoms with Gasteiger partial charge in [0.2, 0.25) is 0 Å². The molecule has 3 aromatic heterocycles. The highest BCUT2D eigenvalue weighted by Gasteiger charge is 2.13. The van der Waals surface area contributed by atoms with Gasteiger partial charge in [-0.3, -0.25) is 4.98 Å². The summed E-state index contributed by atoms with van der Waals surface area (Å²) in [5, 5.41) is 4.30. The number of nitrogens with two attached hydrogens (primary N) is 1. The number of hydrogen-bond donors (Lipinski definition) is 1. The average molecular weight is 317 g/mol. The number of rotatable bonds is 3. The van der Waals surface area contributed by atoms with Gasteiger partial charge < -0.3 is 5.73 Å². The van der Waals surface area contributed by atoms with Crippen LogP contribution in [0, 0.1) is 0 Å². The van der Waals surface area contributed by atoms with E-state index in [0.29, 0.717) is 6.42 Å². The minimum atomic E-state index is -0.103. The lowest BCUT2D eigenvalue weighted by atomic mass is 10.0. The van der Waals surface area contributed by atoms with Crippen molar-refractivity contribution in [1.29, 1.82) is 0 Å². The second kappa shape index (κ2) is 5.11. The van der Waals surface area contributed by atoms with Gasteiger partial charge in [0, 0.05) is 40.6 Å². The molecule has 96 valence electrons. The molecule has 1 unspecified atom stereocenters. The third-order valence-corrected chi connectivity index (χ3v) is 3.54. The molecule has 1 atom stereocenters. The summed E-state index contributed by atoms with van der Waals surface area (Å²) in [6, 6.07) is 9.82. The Morgan fingerprint density at radius 2 is 2.11 bits per heavy atom.